The number of nitrogens with zero attached hydrogens (tertiary/aromatic N) is 2. The second-order valence-electron chi connectivity index (χ2n) is 3.01. The molecular weight excluding hydrogens is 218 g/mol. The van der Waals surface area contributed by atoms with E-state index in [2.05, 4.69) is 10.1 Å². The monoisotopic (exact) mass is 229 g/mol. The smallest absolute Gasteiger partial charge is 0.224 e. The number of aryl methyl sites for hydroxylation is 1. The minimum atomic E-state index is -0.0706. The van der Waals surface area contributed by atoms with E-state index in [1.165, 1.54) is 7.11 Å². The van der Waals surface area contributed by atoms with Crippen molar-refractivity contribution in [3.05, 3.63) is 21.8 Å². The zero-order valence-electron chi connectivity index (χ0n) is 8.71. The zero-order chi connectivity index (χ0) is 11.6. The molecule has 6 heteroatoms. The Morgan fingerprint density at radius 2 is 2.13 bits per heavy atom. The van der Waals surface area contributed by atoms with Gasteiger partial charge in [0.05, 0.1) is 23.4 Å². The Balaban J connectivity index is 3.54. The number of methoxy groups -OCH3 is 1. The maximum Gasteiger partial charge on any atom is 0.224 e. The van der Waals surface area contributed by atoms with E-state index < -0.39 is 0 Å². The van der Waals surface area contributed by atoms with E-state index in [1.54, 1.807) is 13.8 Å². The van der Waals surface area contributed by atoms with E-state index in [4.69, 9.17) is 27.3 Å². The molecule has 0 fully saturated rings. The maximum atomic E-state index is 8.63. The van der Waals surface area contributed by atoms with E-state index in [0.29, 0.717) is 27.7 Å². The fourth-order valence-corrected chi connectivity index (χ4v) is 1.43. The van der Waals surface area contributed by atoms with Crippen molar-refractivity contribution in [1.82, 2.24) is 4.98 Å². The van der Waals surface area contributed by atoms with Crippen molar-refractivity contribution in [3.8, 4) is 5.88 Å². The Labute approximate surface area is 92.5 Å². The van der Waals surface area contributed by atoms with E-state index in [9.17, 15) is 0 Å². The molecule has 1 rings (SSSR count). The van der Waals surface area contributed by atoms with Crippen LogP contribution < -0.4 is 10.5 Å². The summed E-state index contributed by atoms with van der Waals surface area (Å²) in [5.41, 5.74) is 7.24. The second-order valence-corrected chi connectivity index (χ2v) is 3.38. The third kappa shape index (κ3) is 1.97. The summed E-state index contributed by atoms with van der Waals surface area (Å²) in [6, 6.07) is 0. The van der Waals surface area contributed by atoms with Gasteiger partial charge >= 0.3 is 0 Å². The van der Waals surface area contributed by atoms with Crippen LogP contribution in [0, 0.1) is 13.8 Å². The Morgan fingerprint density at radius 3 is 2.60 bits per heavy atom. The average molecular weight is 230 g/mol. The number of pyridine rings is 1. The van der Waals surface area contributed by atoms with Crippen LogP contribution in [0.15, 0.2) is 5.16 Å². The van der Waals surface area contributed by atoms with Crippen molar-refractivity contribution in [2.75, 3.05) is 7.11 Å². The Kier molecular flexibility index (Phi) is 3.36. The number of ether oxygens (including phenoxy) is 1. The van der Waals surface area contributed by atoms with Crippen molar-refractivity contribution in [1.29, 1.82) is 0 Å². The minimum absolute atomic E-state index is 0.0706. The number of hydrogen-bond donors (Lipinski definition) is 2. The van der Waals surface area contributed by atoms with E-state index in [1.807, 2.05) is 0 Å². The van der Waals surface area contributed by atoms with Gasteiger partial charge in [0.25, 0.3) is 0 Å². The summed E-state index contributed by atoms with van der Waals surface area (Å²) in [7, 11) is 1.46. The first-order valence-electron chi connectivity index (χ1n) is 4.21. The Hall–Kier alpha value is -1.49. The summed E-state index contributed by atoms with van der Waals surface area (Å²) in [4.78, 5) is 4.09. The molecule has 0 radical (unpaired) electrons. The van der Waals surface area contributed by atoms with Gasteiger partial charge in [0.15, 0.2) is 5.84 Å². The molecule has 0 saturated heterocycles. The molecule has 0 atom stereocenters. The number of amidine groups is 1. The lowest BCUT2D eigenvalue weighted by atomic mass is 10.1. The molecule has 0 amide bonds. The fraction of sp³-hybridized carbons (Fsp3) is 0.333. The van der Waals surface area contributed by atoms with Crippen molar-refractivity contribution in [2.24, 2.45) is 10.9 Å². The van der Waals surface area contributed by atoms with Gasteiger partial charge in [-0.05, 0) is 19.4 Å². The molecule has 5 nitrogen and oxygen atoms in total. The first-order valence-corrected chi connectivity index (χ1v) is 4.59. The predicted molar refractivity (Wildman–Crippen MR) is 57.8 cm³/mol. The van der Waals surface area contributed by atoms with E-state index in [-0.39, 0.29) is 5.84 Å². The summed E-state index contributed by atoms with van der Waals surface area (Å²) < 4.78 is 5.04. The van der Waals surface area contributed by atoms with Gasteiger partial charge in [0.2, 0.25) is 5.88 Å². The van der Waals surface area contributed by atoms with Gasteiger partial charge < -0.3 is 15.7 Å². The van der Waals surface area contributed by atoms with Crippen LogP contribution in [0.3, 0.4) is 0 Å². The van der Waals surface area contributed by atoms with E-state index in [0.717, 1.165) is 0 Å². The molecule has 15 heavy (non-hydrogen) atoms. The van der Waals surface area contributed by atoms with Crippen molar-refractivity contribution < 1.29 is 9.94 Å². The lowest BCUT2D eigenvalue weighted by molar-refractivity contribution is 0.318. The fourth-order valence-electron chi connectivity index (χ4n) is 1.30. The minimum Gasteiger partial charge on any atom is -0.480 e. The van der Waals surface area contributed by atoms with Gasteiger partial charge in [-0.25, -0.2) is 4.98 Å². The average Bonchev–Trinajstić information content (AvgIpc) is 2.24. The van der Waals surface area contributed by atoms with Crippen molar-refractivity contribution in [3.63, 3.8) is 0 Å². The van der Waals surface area contributed by atoms with Crippen LogP contribution in [-0.2, 0) is 0 Å². The highest BCUT2D eigenvalue weighted by atomic mass is 35.5. The topological polar surface area (TPSA) is 80.7 Å². The molecule has 1 aromatic heterocycles. The van der Waals surface area contributed by atoms with Crippen LogP contribution in [0.25, 0.3) is 0 Å². The normalized spacial score (nSPS) is 11.6. The molecule has 1 aromatic rings. The molecule has 0 bridgehead atoms. The van der Waals surface area contributed by atoms with Crippen LogP contribution in [0.5, 0.6) is 5.88 Å². The van der Waals surface area contributed by atoms with Gasteiger partial charge in [0.1, 0.15) is 0 Å². The first-order chi connectivity index (χ1) is 7.02. The summed E-state index contributed by atoms with van der Waals surface area (Å²) in [6.45, 7) is 3.51. The molecule has 0 aliphatic rings. The molecule has 1 heterocycles. The van der Waals surface area contributed by atoms with Gasteiger partial charge in [-0.1, -0.05) is 16.8 Å². The number of nitrogens with two attached hydrogens (primary N) is 1. The quantitative estimate of drug-likeness (QED) is 0.348. The number of oxime groups is 1. The SMILES string of the molecule is COc1nc(C)c(Cl)c(C)c1C(N)=NO. The number of hydrogen-bond acceptors (Lipinski definition) is 4. The predicted octanol–water partition coefficient (Wildman–Crippen LogP) is 1.45. The van der Waals surface area contributed by atoms with Crippen LogP contribution in [-0.4, -0.2) is 23.1 Å². The molecule has 82 valence electrons. The number of halogens is 1. The summed E-state index contributed by atoms with van der Waals surface area (Å²) >= 11 is 6.00. The largest absolute Gasteiger partial charge is 0.480 e. The first kappa shape index (κ1) is 11.6. The van der Waals surface area contributed by atoms with E-state index >= 15 is 0 Å². The molecular formula is C9H12ClN3O2. The highest BCUT2D eigenvalue weighted by Gasteiger charge is 2.17. The standard InChI is InChI=1S/C9H12ClN3O2/c1-4-6(8(11)13-14)9(15-3)12-5(2)7(4)10/h14H,1-3H3,(H2,11,13). The van der Waals surface area contributed by atoms with Gasteiger partial charge in [0, 0.05) is 0 Å². The lowest BCUT2D eigenvalue weighted by Crippen LogP contribution is -2.17. The molecule has 0 saturated carbocycles. The second kappa shape index (κ2) is 4.35. The van der Waals surface area contributed by atoms with Gasteiger partial charge in [-0.2, -0.15) is 0 Å². The highest BCUT2D eigenvalue weighted by molar-refractivity contribution is 6.32. The molecule has 0 spiro atoms. The molecule has 0 aromatic carbocycles. The maximum absolute atomic E-state index is 8.63. The molecule has 0 aliphatic heterocycles. The van der Waals surface area contributed by atoms with Crippen molar-refractivity contribution >= 4 is 17.4 Å². The third-order valence-electron chi connectivity index (χ3n) is 2.06. The van der Waals surface area contributed by atoms with Crippen LogP contribution in [0.1, 0.15) is 16.8 Å². The number of aromatic nitrogens is 1. The third-order valence-corrected chi connectivity index (χ3v) is 2.62. The van der Waals surface area contributed by atoms with Crippen LogP contribution in [0.2, 0.25) is 5.02 Å². The van der Waals surface area contributed by atoms with Crippen LogP contribution in [0.4, 0.5) is 0 Å². The van der Waals surface area contributed by atoms with Gasteiger partial charge in [-0.15, -0.1) is 0 Å². The number of rotatable bonds is 2. The lowest BCUT2D eigenvalue weighted by Gasteiger charge is -2.12. The van der Waals surface area contributed by atoms with Crippen molar-refractivity contribution in [2.45, 2.75) is 13.8 Å². The van der Waals surface area contributed by atoms with Crippen LogP contribution >= 0.6 is 11.6 Å². The molecule has 0 unspecified atom stereocenters. The Bertz CT molecular complexity index is 418. The Morgan fingerprint density at radius 1 is 1.53 bits per heavy atom. The van der Waals surface area contributed by atoms with Gasteiger partial charge in [-0.3, -0.25) is 0 Å². The zero-order valence-corrected chi connectivity index (χ0v) is 9.46. The molecule has 0 aliphatic carbocycles. The summed E-state index contributed by atoms with van der Waals surface area (Å²) in [5, 5.41) is 12.0. The summed E-state index contributed by atoms with van der Waals surface area (Å²) in [5.74, 6) is 0.225. The summed E-state index contributed by atoms with van der Waals surface area (Å²) in [6.07, 6.45) is 0. The highest BCUT2D eigenvalue weighted by Crippen LogP contribution is 2.28. The molecule has 3 N–H and O–H groups in total.